The molecule has 3 aromatic rings. The van der Waals surface area contributed by atoms with Crippen LogP contribution in [0, 0.1) is 24.2 Å². The fourth-order valence-corrected chi connectivity index (χ4v) is 8.16. The van der Waals surface area contributed by atoms with E-state index in [1.165, 1.54) is 0 Å². The highest BCUT2D eigenvalue weighted by Gasteiger charge is 2.54. The number of carbonyl (C=O) groups excluding carboxylic acids is 6. The van der Waals surface area contributed by atoms with Gasteiger partial charge in [-0.05, 0) is 67.7 Å². The zero-order valence-electron chi connectivity index (χ0n) is 40.6. The number of morpholine rings is 1. The average molecular weight is 937 g/mol. The van der Waals surface area contributed by atoms with E-state index in [0.29, 0.717) is 56.5 Å². The first-order chi connectivity index (χ1) is 32.5. The van der Waals surface area contributed by atoms with Crippen LogP contribution in [-0.4, -0.2) is 121 Å². The molecule has 2 saturated heterocycles. The summed E-state index contributed by atoms with van der Waals surface area (Å²) in [4.78, 5) is 86.4. The summed E-state index contributed by atoms with van der Waals surface area (Å²) in [7, 11) is 0. The third kappa shape index (κ3) is 15.8. The molecule has 3 N–H and O–H groups in total. The number of carbonyl (C=O) groups is 6. The van der Waals surface area contributed by atoms with E-state index in [9.17, 15) is 19.2 Å². The molecule has 5 amide bonds. The van der Waals surface area contributed by atoms with Gasteiger partial charge in [0.15, 0.2) is 12.1 Å². The van der Waals surface area contributed by atoms with E-state index in [-0.39, 0.29) is 74.0 Å². The van der Waals surface area contributed by atoms with Crippen LogP contribution >= 0.6 is 0 Å². The Morgan fingerprint density at radius 1 is 0.838 bits per heavy atom. The molecule has 0 radical (unpaired) electrons. The number of hydrogen-bond acceptors (Lipinski definition) is 10. The summed E-state index contributed by atoms with van der Waals surface area (Å²) in [5, 5.41) is 8.86. The van der Waals surface area contributed by atoms with Gasteiger partial charge in [0.1, 0.15) is 55.9 Å². The second kappa shape index (κ2) is 25.3. The molecule has 2 fully saturated rings. The summed E-state index contributed by atoms with van der Waals surface area (Å²) >= 11 is 0. The van der Waals surface area contributed by atoms with E-state index in [4.69, 9.17) is 25.4 Å². The first-order valence-electron chi connectivity index (χ1n) is 23.8. The van der Waals surface area contributed by atoms with Crippen molar-refractivity contribution in [1.29, 1.82) is 0 Å². The molecule has 3 aromatic carbocycles. The number of esters is 1. The number of imide groups is 1. The normalized spacial score (nSPS) is 17.5. The fraction of sp³-hybridized carbons (Fsp3) is 0.509. The number of quaternary nitrogens is 1. The minimum absolute atomic E-state index is 0.0411. The van der Waals surface area contributed by atoms with Crippen molar-refractivity contribution in [3.63, 3.8) is 0 Å². The Morgan fingerprint density at radius 2 is 1.49 bits per heavy atom. The molecule has 2 aliphatic heterocycles. The predicted octanol–water partition coefficient (Wildman–Crippen LogP) is 4.93. The maximum Gasteiger partial charge on any atom is 0.310 e. The van der Waals surface area contributed by atoms with E-state index >= 15 is 9.59 Å². The van der Waals surface area contributed by atoms with E-state index in [1.807, 2.05) is 74.5 Å². The summed E-state index contributed by atoms with van der Waals surface area (Å²) in [6, 6.07) is 20.4. The number of amides is 5. The molecular weight excluding hydrogens is 867 g/mol. The minimum Gasteiger partial charge on any atom is -0.480 e. The standard InChI is InChI=1S/C53H69N5O10/c1-8-28-66-46-33-42(68-48(60)9-2)22-21-41(46)34-58(26-29-65-30-27-58)35-47(59)57(52(64)53(7)36-67-53)45(23-20-39-16-12-10-13-17-39)51(63)56-43(31-38(5)6)50(62)55-44(32-40-18-14-11-15-19-40)49(61)54-25-24-37(3)4/h1,10-19,21-22,33,37-38,43-45H,9,20,23-32,34-36H2,2-7H3,(H2-,54,55,56,61,62,63)/p+1/t43-,44-,45-,53+/m0/s1. The van der Waals surface area contributed by atoms with Crippen molar-refractivity contribution >= 4 is 35.5 Å². The van der Waals surface area contributed by atoms with Crippen LogP contribution in [0.3, 0.4) is 0 Å². The zero-order chi connectivity index (χ0) is 49.3. The lowest BCUT2D eigenvalue weighted by Crippen LogP contribution is -2.64. The summed E-state index contributed by atoms with van der Waals surface area (Å²) in [6.45, 7) is 13.1. The van der Waals surface area contributed by atoms with E-state index in [0.717, 1.165) is 22.4 Å². The monoisotopic (exact) mass is 937 g/mol. The molecule has 2 heterocycles. The maximum atomic E-state index is 15.2. The van der Waals surface area contributed by atoms with Crippen LogP contribution in [0.1, 0.15) is 83.9 Å². The third-order valence-electron chi connectivity index (χ3n) is 12.2. The number of terminal acetylenes is 1. The van der Waals surface area contributed by atoms with Gasteiger partial charge in [0.05, 0.1) is 19.8 Å². The van der Waals surface area contributed by atoms with Crippen LogP contribution in [0.5, 0.6) is 11.5 Å². The number of hydrogen-bond donors (Lipinski definition) is 3. The van der Waals surface area contributed by atoms with E-state index < -0.39 is 53.3 Å². The largest absolute Gasteiger partial charge is 0.480 e. The number of aryl methyl sites for hydroxylation is 1. The van der Waals surface area contributed by atoms with E-state index in [1.54, 1.807) is 32.0 Å². The lowest BCUT2D eigenvalue weighted by atomic mass is 9.98. The molecular formula is C53H70N5O10+. The second-order valence-corrected chi connectivity index (χ2v) is 18.9. The zero-order valence-corrected chi connectivity index (χ0v) is 40.6. The lowest BCUT2D eigenvalue weighted by Gasteiger charge is -2.42. The smallest absolute Gasteiger partial charge is 0.310 e. The maximum absolute atomic E-state index is 15.2. The van der Waals surface area contributed by atoms with Crippen LogP contribution in [-0.2, 0) is 57.6 Å². The molecule has 366 valence electrons. The topological polar surface area (TPSA) is 182 Å². The van der Waals surface area contributed by atoms with Gasteiger partial charge in [-0.25, -0.2) is 0 Å². The molecule has 2 aliphatic rings. The molecule has 15 heteroatoms. The van der Waals surface area contributed by atoms with Gasteiger partial charge >= 0.3 is 5.97 Å². The quantitative estimate of drug-likeness (QED) is 0.0347. The fourth-order valence-electron chi connectivity index (χ4n) is 8.16. The molecule has 4 atom stereocenters. The Balaban J connectivity index is 1.49. The SMILES string of the molecule is C#CCOc1cc(OC(=O)CC)ccc1C[N+]1(CC(=O)N(C(=O)[C@@]2(C)CO2)[C@@H](CCc2ccccc2)C(=O)N[C@@H](CC(C)C)C(=O)N[C@@H](Cc2ccccc2)C(=O)NCCC(C)C)CCOCC1. The molecule has 0 aromatic heterocycles. The minimum atomic E-state index is -1.36. The first-order valence-corrected chi connectivity index (χ1v) is 23.8. The van der Waals surface area contributed by atoms with Crippen molar-refractivity contribution in [2.45, 2.75) is 110 Å². The van der Waals surface area contributed by atoms with Crippen molar-refractivity contribution in [3.05, 3.63) is 95.6 Å². The van der Waals surface area contributed by atoms with Crippen molar-refractivity contribution in [3.8, 4) is 23.8 Å². The molecule has 0 saturated carbocycles. The van der Waals surface area contributed by atoms with Crippen molar-refractivity contribution in [2.24, 2.45) is 11.8 Å². The van der Waals surface area contributed by atoms with Gasteiger partial charge in [0.25, 0.3) is 11.8 Å². The average Bonchev–Trinajstić information content (AvgIpc) is 4.08. The van der Waals surface area contributed by atoms with Gasteiger partial charge in [-0.1, -0.05) is 101 Å². The Bertz CT molecular complexity index is 2220. The van der Waals surface area contributed by atoms with Crippen molar-refractivity contribution in [2.75, 3.05) is 52.6 Å². The van der Waals surface area contributed by atoms with E-state index in [2.05, 4.69) is 35.7 Å². The van der Waals surface area contributed by atoms with Gasteiger partial charge in [-0.15, -0.1) is 6.42 Å². The first kappa shape index (κ1) is 52.9. The van der Waals surface area contributed by atoms with Gasteiger partial charge in [-0.3, -0.25) is 33.7 Å². The summed E-state index contributed by atoms with van der Waals surface area (Å²) in [5.41, 5.74) is 1.06. The van der Waals surface area contributed by atoms with Crippen LogP contribution in [0.2, 0.25) is 0 Å². The Hall–Kier alpha value is -6.08. The van der Waals surface area contributed by atoms with Crippen LogP contribution in [0.4, 0.5) is 0 Å². The lowest BCUT2D eigenvalue weighted by molar-refractivity contribution is -0.940. The van der Waals surface area contributed by atoms with Crippen LogP contribution in [0.25, 0.3) is 0 Å². The third-order valence-corrected chi connectivity index (χ3v) is 12.2. The van der Waals surface area contributed by atoms with Crippen LogP contribution < -0.4 is 25.4 Å². The summed E-state index contributed by atoms with van der Waals surface area (Å²) in [5.74, 6) is 0.126. The predicted molar refractivity (Wildman–Crippen MR) is 257 cm³/mol. The molecule has 68 heavy (non-hydrogen) atoms. The second-order valence-electron chi connectivity index (χ2n) is 18.9. The number of benzene rings is 3. The van der Waals surface area contributed by atoms with Crippen molar-refractivity contribution in [1.82, 2.24) is 20.9 Å². The van der Waals surface area contributed by atoms with Gasteiger partial charge in [0.2, 0.25) is 17.7 Å². The molecule has 0 aliphatic carbocycles. The van der Waals surface area contributed by atoms with Gasteiger partial charge in [0, 0.05) is 31.0 Å². The molecule has 0 spiro atoms. The summed E-state index contributed by atoms with van der Waals surface area (Å²) < 4.78 is 23.0. The Labute approximate surface area is 401 Å². The number of rotatable bonds is 25. The number of ether oxygens (including phenoxy) is 4. The molecule has 15 nitrogen and oxygen atoms in total. The number of nitrogens with zero attached hydrogens (tertiary/aromatic N) is 2. The highest BCUT2D eigenvalue weighted by molar-refractivity contribution is 6.05. The molecule has 5 rings (SSSR count). The van der Waals surface area contributed by atoms with Gasteiger partial charge < -0.3 is 39.4 Å². The number of epoxide rings is 1. The van der Waals surface area contributed by atoms with Gasteiger partial charge in [-0.2, -0.15) is 0 Å². The highest BCUT2D eigenvalue weighted by Crippen LogP contribution is 2.33. The Kier molecular flexibility index (Phi) is 19.7. The van der Waals surface area contributed by atoms with Crippen molar-refractivity contribution < 1.29 is 52.2 Å². The highest BCUT2D eigenvalue weighted by atomic mass is 16.6. The summed E-state index contributed by atoms with van der Waals surface area (Å²) in [6.07, 6.45) is 7.29. The molecule has 0 unspecified atom stereocenters. The Morgan fingerprint density at radius 3 is 2.09 bits per heavy atom. The van der Waals surface area contributed by atoms with Crippen LogP contribution in [0.15, 0.2) is 78.9 Å². The number of nitrogens with one attached hydrogen (secondary N) is 3. The molecule has 0 bridgehead atoms.